The van der Waals surface area contributed by atoms with E-state index in [0.29, 0.717) is 0 Å². The first kappa shape index (κ1) is 18.9. The molecule has 2 rings (SSSR count). The number of rotatable bonds is 6. The van der Waals surface area contributed by atoms with Gasteiger partial charge in [0.15, 0.2) is 0 Å². The molecule has 0 saturated carbocycles. The number of benzene rings is 1. The zero-order valence-electron chi connectivity index (χ0n) is 13.5. The van der Waals surface area contributed by atoms with Crippen LogP contribution in [-0.4, -0.2) is 43.9 Å². The van der Waals surface area contributed by atoms with E-state index in [-0.39, 0.29) is 17.8 Å². The van der Waals surface area contributed by atoms with Crippen LogP contribution < -0.4 is 10.6 Å². The third-order valence-electron chi connectivity index (χ3n) is 3.89. The maximum Gasteiger partial charge on any atom is 0.321 e. The lowest BCUT2D eigenvalue weighted by molar-refractivity contribution is -0.384. The number of amides is 2. The monoisotopic (exact) mass is 367 g/mol. The minimum Gasteiger partial charge on any atom is -0.480 e. The highest BCUT2D eigenvalue weighted by molar-refractivity contribution is 8.02. The Hall–Kier alpha value is -2.46. The Morgan fingerprint density at radius 3 is 2.60 bits per heavy atom. The largest absolute Gasteiger partial charge is 0.480 e. The molecule has 2 unspecified atom stereocenters. The van der Waals surface area contributed by atoms with Crippen molar-refractivity contribution in [3.05, 3.63) is 34.4 Å². The molecule has 10 heteroatoms. The van der Waals surface area contributed by atoms with Crippen molar-refractivity contribution in [1.82, 2.24) is 0 Å². The molecule has 3 N–H and O–H groups in total. The Bertz CT molecular complexity index is 751. The summed E-state index contributed by atoms with van der Waals surface area (Å²) in [6.45, 7) is 3.14. The summed E-state index contributed by atoms with van der Waals surface area (Å²) in [4.78, 5) is 47.3. The minimum atomic E-state index is -1.24. The van der Waals surface area contributed by atoms with Crippen molar-refractivity contribution in [1.29, 1.82) is 0 Å². The van der Waals surface area contributed by atoms with Crippen LogP contribution in [0.4, 0.5) is 11.4 Å². The second-order valence-electron chi connectivity index (χ2n) is 6.04. The second-order valence-corrected chi connectivity index (χ2v) is 7.90. The van der Waals surface area contributed by atoms with Gasteiger partial charge in [-0.2, -0.15) is 0 Å². The molecule has 2 amide bonds. The van der Waals surface area contributed by atoms with Gasteiger partial charge < -0.3 is 10.8 Å². The van der Waals surface area contributed by atoms with Crippen molar-refractivity contribution in [2.45, 2.75) is 36.3 Å². The molecule has 0 aromatic heterocycles. The van der Waals surface area contributed by atoms with Gasteiger partial charge >= 0.3 is 5.97 Å². The van der Waals surface area contributed by atoms with E-state index in [0.717, 1.165) is 16.7 Å². The van der Waals surface area contributed by atoms with Gasteiger partial charge in [-0.3, -0.25) is 24.5 Å². The predicted octanol–water partition coefficient (Wildman–Crippen LogP) is 1.15. The van der Waals surface area contributed by atoms with Crippen LogP contribution in [0.25, 0.3) is 0 Å². The molecule has 1 aromatic carbocycles. The molecule has 0 radical (unpaired) electrons. The van der Waals surface area contributed by atoms with E-state index in [1.807, 2.05) is 0 Å². The van der Waals surface area contributed by atoms with Gasteiger partial charge in [-0.1, -0.05) is 12.1 Å². The van der Waals surface area contributed by atoms with Crippen LogP contribution in [-0.2, 0) is 14.4 Å². The molecule has 1 saturated heterocycles. The molecule has 1 fully saturated rings. The molecule has 0 spiro atoms. The van der Waals surface area contributed by atoms with Crippen LogP contribution in [0.2, 0.25) is 0 Å². The number of aliphatic carboxylic acids is 1. The zero-order valence-corrected chi connectivity index (χ0v) is 14.4. The second kappa shape index (κ2) is 6.81. The number of carboxylic acid groups (broad SMARTS) is 1. The van der Waals surface area contributed by atoms with Crippen LogP contribution in [0.3, 0.4) is 0 Å². The fourth-order valence-electron chi connectivity index (χ4n) is 2.49. The van der Waals surface area contributed by atoms with Gasteiger partial charge in [-0.15, -0.1) is 11.8 Å². The average molecular weight is 367 g/mol. The first-order valence-electron chi connectivity index (χ1n) is 7.32. The summed E-state index contributed by atoms with van der Waals surface area (Å²) in [6, 6.07) is 4.23. The molecule has 1 aliphatic heterocycles. The number of hydrogen-bond donors (Lipinski definition) is 2. The van der Waals surface area contributed by atoms with Crippen molar-refractivity contribution in [3.63, 3.8) is 0 Å². The average Bonchev–Trinajstić information content (AvgIpc) is 2.79. The number of imide groups is 1. The number of carboxylic acids is 1. The Morgan fingerprint density at radius 2 is 2.04 bits per heavy atom. The van der Waals surface area contributed by atoms with Gasteiger partial charge in [-0.25, -0.2) is 4.90 Å². The highest BCUT2D eigenvalue weighted by atomic mass is 32.2. The number of nitrogens with two attached hydrogens (primary N) is 1. The number of nitro groups is 1. The fraction of sp³-hybridized carbons (Fsp3) is 0.400. The van der Waals surface area contributed by atoms with Gasteiger partial charge in [-0.05, 0) is 19.9 Å². The van der Waals surface area contributed by atoms with E-state index < -0.39 is 38.7 Å². The molecule has 0 bridgehead atoms. The Balaban J connectivity index is 2.30. The van der Waals surface area contributed by atoms with E-state index in [2.05, 4.69) is 0 Å². The van der Waals surface area contributed by atoms with Gasteiger partial charge in [0, 0.05) is 17.2 Å². The molecule has 9 nitrogen and oxygen atoms in total. The van der Waals surface area contributed by atoms with Crippen LogP contribution in [0.1, 0.15) is 20.3 Å². The van der Waals surface area contributed by atoms with E-state index in [4.69, 9.17) is 10.8 Å². The maximum atomic E-state index is 12.6. The van der Waals surface area contributed by atoms with Crippen molar-refractivity contribution >= 4 is 40.9 Å². The number of carbonyl (C=O) groups is 3. The number of carbonyl (C=O) groups excluding carboxylic acids is 2. The molecule has 2 atom stereocenters. The van der Waals surface area contributed by atoms with Crippen LogP contribution in [0.15, 0.2) is 24.3 Å². The number of nitro benzene ring substituents is 1. The Morgan fingerprint density at radius 1 is 1.44 bits per heavy atom. The Kier molecular flexibility index (Phi) is 5.14. The quantitative estimate of drug-likeness (QED) is 0.433. The van der Waals surface area contributed by atoms with E-state index >= 15 is 0 Å². The highest BCUT2D eigenvalue weighted by Crippen LogP contribution is 2.40. The highest BCUT2D eigenvalue weighted by Gasteiger charge is 2.46. The summed E-state index contributed by atoms with van der Waals surface area (Å²) < 4.78 is -1.01. The van der Waals surface area contributed by atoms with Gasteiger partial charge in [0.25, 0.3) is 5.69 Å². The third kappa shape index (κ3) is 3.64. The summed E-state index contributed by atoms with van der Waals surface area (Å²) in [6.07, 6.45) is -0.175. The normalized spacial score (nSPS) is 19.2. The number of nitrogens with zero attached hydrogens (tertiary/aromatic N) is 2. The van der Waals surface area contributed by atoms with E-state index in [1.165, 1.54) is 24.3 Å². The van der Waals surface area contributed by atoms with Gasteiger partial charge in [0.2, 0.25) is 11.8 Å². The summed E-state index contributed by atoms with van der Waals surface area (Å²) in [7, 11) is 0. The van der Waals surface area contributed by atoms with Crippen molar-refractivity contribution in [2.75, 3.05) is 4.90 Å². The van der Waals surface area contributed by atoms with Crippen LogP contribution in [0, 0.1) is 10.1 Å². The molecule has 134 valence electrons. The third-order valence-corrected chi connectivity index (χ3v) is 5.40. The predicted molar refractivity (Wildman–Crippen MR) is 91.3 cm³/mol. The minimum absolute atomic E-state index is 0.0917. The van der Waals surface area contributed by atoms with E-state index in [1.54, 1.807) is 13.8 Å². The molecular weight excluding hydrogens is 350 g/mol. The molecule has 25 heavy (non-hydrogen) atoms. The number of anilines is 1. The summed E-state index contributed by atoms with van der Waals surface area (Å²) in [5.41, 5.74) is 5.20. The summed E-state index contributed by atoms with van der Waals surface area (Å²) >= 11 is 0.983. The molecule has 0 aliphatic carbocycles. The van der Waals surface area contributed by atoms with Crippen molar-refractivity contribution < 1.29 is 24.4 Å². The number of para-hydroxylation sites is 2. The Labute approximate surface area is 147 Å². The zero-order chi connectivity index (χ0) is 18.9. The SMILES string of the molecule is CC(C)(SC1CC(=O)N(c2ccccc2[N+](=O)[O-])C1=O)C(N)C(=O)O. The maximum absolute atomic E-state index is 12.6. The van der Waals surface area contributed by atoms with Crippen molar-refractivity contribution in [2.24, 2.45) is 5.73 Å². The van der Waals surface area contributed by atoms with Crippen molar-refractivity contribution in [3.8, 4) is 0 Å². The lowest BCUT2D eigenvalue weighted by atomic mass is 10.1. The molecular formula is C15H17N3O6S. The first-order valence-corrected chi connectivity index (χ1v) is 8.20. The van der Waals surface area contributed by atoms with E-state index in [9.17, 15) is 24.5 Å². The lowest BCUT2D eigenvalue weighted by Gasteiger charge is -2.30. The molecule has 1 aliphatic rings. The van der Waals surface area contributed by atoms with Gasteiger partial charge in [0.05, 0.1) is 10.2 Å². The fourth-order valence-corrected chi connectivity index (χ4v) is 3.91. The van der Waals surface area contributed by atoms with Crippen LogP contribution in [0.5, 0.6) is 0 Å². The standard InChI is InChI=1S/C15H17N3O6S/c1-15(2,12(16)14(21)22)25-10-7-11(19)17(13(10)20)8-5-3-4-6-9(8)18(23)24/h3-6,10,12H,7,16H2,1-2H3,(H,21,22). The molecule has 1 heterocycles. The topological polar surface area (TPSA) is 144 Å². The smallest absolute Gasteiger partial charge is 0.321 e. The van der Waals surface area contributed by atoms with Gasteiger partial charge in [0.1, 0.15) is 11.7 Å². The summed E-state index contributed by atoms with van der Waals surface area (Å²) in [5.74, 6) is -2.41. The number of thioether (sulfide) groups is 1. The number of hydrogen-bond acceptors (Lipinski definition) is 7. The molecule has 1 aromatic rings. The summed E-state index contributed by atoms with van der Waals surface area (Å²) in [5, 5.41) is 19.3. The lowest BCUT2D eigenvalue weighted by Crippen LogP contribution is -2.48. The van der Waals surface area contributed by atoms with Crippen LogP contribution >= 0.6 is 11.8 Å². The first-order chi connectivity index (χ1) is 11.6.